The van der Waals surface area contributed by atoms with Gasteiger partial charge in [-0.1, -0.05) is 0 Å². The molecule has 152 valence electrons. The van der Waals surface area contributed by atoms with E-state index >= 15 is 0 Å². The molecular weight excluding hydrogens is 384 g/mol. The highest BCUT2D eigenvalue weighted by atomic mass is 19.2. The number of pyridine rings is 2. The first-order valence-corrected chi connectivity index (χ1v) is 8.52. The summed E-state index contributed by atoms with van der Waals surface area (Å²) in [5, 5.41) is 11.8. The number of nitrogens with one attached hydrogen (secondary N) is 1. The summed E-state index contributed by atoms with van der Waals surface area (Å²) in [6, 6.07) is 0.782. The molecule has 0 atom stereocenters. The molecule has 1 aliphatic heterocycles. The van der Waals surface area contributed by atoms with Gasteiger partial charge in [0.25, 0.3) is 0 Å². The van der Waals surface area contributed by atoms with Crippen molar-refractivity contribution in [2.75, 3.05) is 51.1 Å². The zero-order valence-electron chi connectivity index (χ0n) is 14.7. The van der Waals surface area contributed by atoms with Gasteiger partial charge < -0.3 is 19.9 Å². The van der Waals surface area contributed by atoms with Gasteiger partial charge in [-0.25, -0.2) is 27.3 Å². The zero-order chi connectivity index (χ0) is 20.5. The number of aromatic nitrogens is 2. The first-order chi connectivity index (χ1) is 13.4. The van der Waals surface area contributed by atoms with Crippen molar-refractivity contribution in [3.8, 4) is 0 Å². The fourth-order valence-electron chi connectivity index (χ4n) is 3.13. The van der Waals surface area contributed by atoms with E-state index in [1.807, 2.05) is 0 Å². The Balaban J connectivity index is 2.37. The van der Waals surface area contributed by atoms with Crippen LogP contribution in [0.5, 0.6) is 0 Å². The van der Waals surface area contributed by atoms with E-state index < -0.39 is 53.7 Å². The number of carboxylic acid groups (broad SMARTS) is 1. The molecule has 0 bridgehead atoms. The van der Waals surface area contributed by atoms with Crippen molar-refractivity contribution in [2.24, 2.45) is 0 Å². The highest BCUT2D eigenvalue weighted by Crippen LogP contribution is 2.27. The van der Waals surface area contributed by atoms with E-state index in [2.05, 4.69) is 10.3 Å². The SMILES string of the molecule is O=C(O)c1cn(C(CF)(CF)CF)c2nc(N3CCNCC3)c(F)cc2c1=O. The maximum atomic E-state index is 14.6. The number of carboxylic acids is 1. The van der Waals surface area contributed by atoms with Crippen LogP contribution in [0.25, 0.3) is 11.0 Å². The Kier molecular flexibility index (Phi) is 5.54. The largest absolute Gasteiger partial charge is 0.477 e. The molecule has 1 fully saturated rings. The van der Waals surface area contributed by atoms with Crippen LogP contribution in [0.15, 0.2) is 17.1 Å². The van der Waals surface area contributed by atoms with Gasteiger partial charge in [0.1, 0.15) is 36.8 Å². The fourth-order valence-corrected chi connectivity index (χ4v) is 3.13. The monoisotopic (exact) mass is 402 g/mol. The van der Waals surface area contributed by atoms with Gasteiger partial charge in [0.05, 0.1) is 5.39 Å². The molecule has 0 amide bonds. The van der Waals surface area contributed by atoms with Gasteiger partial charge in [0.15, 0.2) is 11.6 Å². The summed E-state index contributed by atoms with van der Waals surface area (Å²) >= 11 is 0. The van der Waals surface area contributed by atoms with Gasteiger partial charge >= 0.3 is 5.97 Å². The van der Waals surface area contributed by atoms with Crippen molar-refractivity contribution in [3.05, 3.63) is 33.9 Å². The smallest absolute Gasteiger partial charge is 0.341 e. The lowest BCUT2D eigenvalue weighted by molar-refractivity contribution is 0.0691. The molecule has 0 radical (unpaired) electrons. The van der Waals surface area contributed by atoms with Gasteiger partial charge in [-0.15, -0.1) is 0 Å². The molecule has 0 saturated carbocycles. The molecule has 0 spiro atoms. The molecule has 7 nitrogen and oxygen atoms in total. The fraction of sp³-hybridized carbons (Fsp3) is 0.471. The summed E-state index contributed by atoms with van der Waals surface area (Å²) in [5.41, 5.74) is -4.70. The van der Waals surface area contributed by atoms with Crippen molar-refractivity contribution >= 4 is 22.8 Å². The summed E-state index contributed by atoms with van der Waals surface area (Å²) in [6.07, 6.45) is 0.665. The molecule has 2 aromatic rings. The van der Waals surface area contributed by atoms with Crippen molar-refractivity contribution in [3.63, 3.8) is 0 Å². The van der Waals surface area contributed by atoms with E-state index in [1.54, 1.807) is 4.90 Å². The lowest BCUT2D eigenvalue weighted by Gasteiger charge is -2.31. The van der Waals surface area contributed by atoms with E-state index in [0.717, 1.165) is 6.07 Å². The number of piperazine rings is 1. The van der Waals surface area contributed by atoms with Crippen LogP contribution in [-0.2, 0) is 5.54 Å². The van der Waals surface area contributed by atoms with Gasteiger partial charge in [0, 0.05) is 32.4 Å². The number of nitrogens with zero attached hydrogens (tertiary/aromatic N) is 3. The van der Waals surface area contributed by atoms with E-state index in [1.165, 1.54) is 0 Å². The molecule has 1 aliphatic rings. The topological polar surface area (TPSA) is 87.5 Å². The van der Waals surface area contributed by atoms with Crippen LogP contribution in [0.4, 0.5) is 23.4 Å². The summed E-state index contributed by atoms with van der Waals surface area (Å²) in [6.45, 7) is -2.65. The van der Waals surface area contributed by atoms with E-state index in [9.17, 15) is 32.3 Å². The second kappa shape index (κ2) is 7.74. The summed E-state index contributed by atoms with van der Waals surface area (Å²) < 4.78 is 56.3. The number of rotatable bonds is 6. The van der Waals surface area contributed by atoms with Gasteiger partial charge in [-0.2, -0.15) is 0 Å². The molecule has 0 unspecified atom stereocenters. The van der Waals surface area contributed by atoms with Crippen LogP contribution in [0.1, 0.15) is 10.4 Å². The Bertz CT molecular complexity index is 947. The van der Waals surface area contributed by atoms with E-state index in [-0.39, 0.29) is 11.5 Å². The third kappa shape index (κ3) is 3.19. The molecule has 1 saturated heterocycles. The number of aromatic carboxylic acids is 1. The molecule has 28 heavy (non-hydrogen) atoms. The number of hydrogen-bond acceptors (Lipinski definition) is 5. The van der Waals surface area contributed by atoms with Gasteiger partial charge in [0.2, 0.25) is 5.43 Å². The minimum atomic E-state index is -2.40. The Labute approximate surface area is 156 Å². The molecule has 3 heterocycles. The minimum absolute atomic E-state index is 0.157. The average molecular weight is 402 g/mol. The number of anilines is 1. The number of halogens is 4. The van der Waals surface area contributed by atoms with E-state index in [4.69, 9.17) is 0 Å². The van der Waals surface area contributed by atoms with Crippen LogP contribution in [-0.4, -0.2) is 66.8 Å². The minimum Gasteiger partial charge on any atom is -0.477 e. The molecule has 2 aromatic heterocycles. The van der Waals surface area contributed by atoms with Crippen LogP contribution in [0.3, 0.4) is 0 Å². The van der Waals surface area contributed by atoms with Crippen LogP contribution in [0, 0.1) is 5.82 Å². The number of hydrogen-bond donors (Lipinski definition) is 2. The molecule has 0 aliphatic carbocycles. The van der Waals surface area contributed by atoms with Crippen molar-refractivity contribution in [1.29, 1.82) is 0 Å². The maximum absolute atomic E-state index is 14.6. The Morgan fingerprint density at radius 3 is 2.36 bits per heavy atom. The molecule has 2 N–H and O–H groups in total. The van der Waals surface area contributed by atoms with Crippen molar-refractivity contribution in [1.82, 2.24) is 14.9 Å². The normalized spacial score (nSPS) is 15.2. The number of carbonyl (C=O) groups is 1. The molecule has 11 heteroatoms. The number of fused-ring (bicyclic) bond motifs is 1. The molecule has 0 aromatic carbocycles. The highest BCUT2D eigenvalue weighted by Gasteiger charge is 2.36. The third-order valence-corrected chi connectivity index (χ3v) is 4.82. The Morgan fingerprint density at radius 1 is 1.21 bits per heavy atom. The van der Waals surface area contributed by atoms with Crippen LogP contribution >= 0.6 is 0 Å². The van der Waals surface area contributed by atoms with Crippen molar-refractivity contribution in [2.45, 2.75) is 5.54 Å². The summed E-state index contributed by atoms with van der Waals surface area (Å²) in [4.78, 5) is 29.5. The highest BCUT2D eigenvalue weighted by molar-refractivity contribution is 5.92. The predicted octanol–water partition coefficient (Wildman–Crippen LogP) is 1.25. The lowest BCUT2D eigenvalue weighted by atomic mass is 10.0. The summed E-state index contributed by atoms with van der Waals surface area (Å²) in [5.74, 6) is -2.72. The van der Waals surface area contributed by atoms with Crippen LogP contribution in [0.2, 0.25) is 0 Å². The summed E-state index contributed by atoms with van der Waals surface area (Å²) in [7, 11) is 0. The average Bonchev–Trinajstić information content (AvgIpc) is 2.71. The quantitative estimate of drug-likeness (QED) is 0.708. The molecule has 3 rings (SSSR count). The first-order valence-electron chi connectivity index (χ1n) is 8.52. The van der Waals surface area contributed by atoms with E-state index in [0.29, 0.717) is 36.9 Å². The predicted molar refractivity (Wildman–Crippen MR) is 93.9 cm³/mol. The third-order valence-electron chi connectivity index (χ3n) is 4.82. The zero-order valence-corrected chi connectivity index (χ0v) is 14.7. The first kappa shape index (κ1) is 20.1. The van der Waals surface area contributed by atoms with Crippen molar-refractivity contribution < 1.29 is 27.5 Å². The maximum Gasteiger partial charge on any atom is 0.341 e. The lowest BCUT2D eigenvalue weighted by Crippen LogP contribution is -2.45. The molecular formula is C17H18F4N4O3. The Hall–Kier alpha value is -2.69. The van der Waals surface area contributed by atoms with Gasteiger partial charge in [-0.05, 0) is 6.07 Å². The van der Waals surface area contributed by atoms with Gasteiger partial charge in [-0.3, -0.25) is 4.79 Å². The second-order valence-electron chi connectivity index (χ2n) is 6.57. The number of alkyl halides is 3. The Morgan fingerprint density at radius 2 is 1.82 bits per heavy atom. The standard InChI is InChI=1S/C17H18F4N4O3/c18-7-17(8-19,9-20)25-6-11(16(27)28)13(26)10-5-12(21)15(23-14(10)25)24-3-1-22-2-4-24/h5-6,22H,1-4,7-9H2,(H,27,28). The van der Waals surface area contributed by atoms with Crippen LogP contribution < -0.4 is 15.6 Å². The second-order valence-corrected chi connectivity index (χ2v) is 6.57.